The van der Waals surface area contributed by atoms with Gasteiger partial charge in [0.05, 0.1) is 15.7 Å². The van der Waals surface area contributed by atoms with Crippen molar-refractivity contribution < 1.29 is 14.4 Å². The van der Waals surface area contributed by atoms with Crippen LogP contribution in [0, 0.1) is 0 Å². The molecule has 4 amide bonds. The highest BCUT2D eigenvalue weighted by atomic mass is 35.5. The zero-order valence-electron chi connectivity index (χ0n) is 14.1. The SMILES string of the molecule is NC[C@H]1CCCN1C(=O)CC[C@H]1NC(=O)N(c2ccc(Cl)c(Cl)c2)C1=O. The summed E-state index contributed by atoms with van der Waals surface area (Å²) in [6.45, 7) is 1.14. The molecule has 0 spiro atoms. The molecule has 1 aromatic rings. The number of nitrogens with one attached hydrogen (secondary N) is 1. The van der Waals surface area contributed by atoms with Gasteiger partial charge in [-0.15, -0.1) is 0 Å². The number of imide groups is 1. The number of nitrogens with zero attached hydrogens (tertiary/aromatic N) is 2. The van der Waals surface area contributed by atoms with E-state index >= 15 is 0 Å². The molecular weight excluding hydrogens is 379 g/mol. The third kappa shape index (κ3) is 3.65. The van der Waals surface area contributed by atoms with Gasteiger partial charge in [0, 0.05) is 25.6 Å². The van der Waals surface area contributed by atoms with E-state index in [1.165, 1.54) is 12.1 Å². The summed E-state index contributed by atoms with van der Waals surface area (Å²) in [5, 5.41) is 3.22. The molecule has 0 aliphatic carbocycles. The topological polar surface area (TPSA) is 95.7 Å². The van der Waals surface area contributed by atoms with Crippen LogP contribution < -0.4 is 16.0 Å². The van der Waals surface area contributed by atoms with Gasteiger partial charge in [-0.05, 0) is 37.5 Å². The molecule has 2 saturated heterocycles. The van der Waals surface area contributed by atoms with Gasteiger partial charge in [0.2, 0.25) is 5.91 Å². The number of likely N-dealkylation sites (tertiary alicyclic amines) is 1. The minimum atomic E-state index is -0.736. The molecule has 2 fully saturated rings. The Balaban J connectivity index is 1.63. The van der Waals surface area contributed by atoms with Crippen LogP contribution in [0.1, 0.15) is 25.7 Å². The molecule has 0 saturated carbocycles. The van der Waals surface area contributed by atoms with E-state index in [4.69, 9.17) is 28.9 Å². The number of hydrogen-bond acceptors (Lipinski definition) is 4. The van der Waals surface area contributed by atoms with Crippen molar-refractivity contribution in [3.05, 3.63) is 28.2 Å². The molecule has 0 bridgehead atoms. The van der Waals surface area contributed by atoms with Crippen molar-refractivity contribution in [2.45, 2.75) is 37.8 Å². The molecule has 140 valence electrons. The van der Waals surface area contributed by atoms with Crippen molar-refractivity contribution in [3.8, 4) is 0 Å². The number of amides is 4. The zero-order valence-corrected chi connectivity index (χ0v) is 15.6. The molecule has 26 heavy (non-hydrogen) atoms. The van der Waals surface area contributed by atoms with Crippen molar-refractivity contribution in [2.75, 3.05) is 18.0 Å². The predicted molar refractivity (Wildman–Crippen MR) is 99.3 cm³/mol. The Morgan fingerprint density at radius 3 is 2.73 bits per heavy atom. The van der Waals surface area contributed by atoms with Crippen LogP contribution in [-0.4, -0.2) is 47.9 Å². The Kier molecular flexibility index (Phi) is 5.70. The second-order valence-electron chi connectivity index (χ2n) is 6.43. The van der Waals surface area contributed by atoms with Gasteiger partial charge < -0.3 is 16.0 Å². The first-order valence-electron chi connectivity index (χ1n) is 8.51. The van der Waals surface area contributed by atoms with Crippen molar-refractivity contribution in [2.24, 2.45) is 5.73 Å². The molecule has 2 aliphatic rings. The molecule has 2 heterocycles. The number of halogens is 2. The van der Waals surface area contributed by atoms with Crippen LogP contribution in [-0.2, 0) is 9.59 Å². The van der Waals surface area contributed by atoms with Crippen LogP contribution in [0.3, 0.4) is 0 Å². The maximum Gasteiger partial charge on any atom is 0.329 e. The van der Waals surface area contributed by atoms with E-state index in [-0.39, 0.29) is 29.8 Å². The summed E-state index contributed by atoms with van der Waals surface area (Å²) < 4.78 is 0. The smallest absolute Gasteiger partial charge is 0.329 e. The van der Waals surface area contributed by atoms with Crippen LogP contribution in [0.5, 0.6) is 0 Å². The molecule has 0 radical (unpaired) electrons. The van der Waals surface area contributed by atoms with Crippen LogP contribution in [0.4, 0.5) is 10.5 Å². The lowest BCUT2D eigenvalue weighted by molar-refractivity contribution is -0.132. The summed E-state index contributed by atoms with van der Waals surface area (Å²) >= 11 is 11.8. The van der Waals surface area contributed by atoms with E-state index < -0.39 is 18.0 Å². The van der Waals surface area contributed by atoms with E-state index in [2.05, 4.69) is 5.32 Å². The highest BCUT2D eigenvalue weighted by molar-refractivity contribution is 6.42. The standard InChI is InChI=1S/C17H20Cl2N4O3/c18-12-4-3-10(8-13(12)19)23-16(25)14(21-17(23)26)5-6-15(24)22-7-1-2-11(22)9-20/h3-4,8,11,14H,1-2,5-7,9,20H2,(H,21,26)/t11-,14-/m1/s1. The molecule has 3 N–H and O–H groups in total. The molecule has 7 nitrogen and oxygen atoms in total. The van der Waals surface area contributed by atoms with Gasteiger partial charge in [0.15, 0.2) is 0 Å². The van der Waals surface area contributed by atoms with Crippen molar-refractivity contribution in [1.82, 2.24) is 10.2 Å². The molecule has 0 aromatic heterocycles. The number of rotatable bonds is 5. The average Bonchev–Trinajstić information content (AvgIpc) is 3.20. The summed E-state index contributed by atoms with van der Waals surface area (Å²) in [6.07, 6.45) is 2.28. The van der Waals surface area contributed by atoms with Gasteiger partial charge in [-0.1, -0.05) is 23.2 Å². The van der Waals surface area contributed by atoms with Crippen molar-refractivity contribution in [1.29, 1.82) is 0 Å². The lowest BCUT2D eigenvalue weighted by atomic mass is 10.1. The third-order valence-electron chi connectivity index (χ3n) is 4.80. The fourth-order valence-corrected chi connectivity index (χ4v) is 3.71. The first-order chi connectivity index (χ1) is 12.4. The Hall–Kier alpha value is -1.83. The normalized spacial score (nSPS) is 22.9. The van der Waals surface area contributed by atoms with Gasteiger partial charge >= 0.3 is 6.03 Å². The van der Waals surface area contributed by atoms with Gasteiger partial charge in [-0.2, -0.15) is 0 Å². The predicted octanol–water partition coefficient (Wildman–Crippen LogP) is 2.15. The fourth-order valence-electron chi connectivity index (χ4n) is 3.42. The summed E-state index contributed by atoms with van der Waals surface area (Å²) in [7, 11) is 0. The van der Waals surface area contributed by atoms with Crippen LogP contribution in [0.2, 0.25) is 10.0 Å². The first kappa shape index (κ1) is 18.9. The maximum absolute atomic E-state index is 12.6. The minimum Gasteiger partial charge on any atom is -0.338 e. The summed E-state index contributed by atoms with van der Waals surface area (Å²) in [5.74, 6) is -0.439. The number of anilines is 1. The Bertz CT molecular complexity index is 743. The minimum absolute atomic E-state index is 0.0343. The molecule has 2 atom stereocenters. The summed E-state index contributed by atoms with van der Waals surface area (Å²) in [5.41, 5.74) is 6.04. The lowest BCUT2D eigenvalue weighted by Crippen LogP contribution is -2.40. The van der Waals surface area contributed by atoms with Crippen LogP contribution in [0.25, 0.3) is 0 Å². The highest BCUT2D eigenvalue weighted by Crippen LogP contribution is 2.29. The quantitative estimate of drug-likeness (QED) is 0.742. The number of urea groups is 1. The molecule has 2 aliphatic heterocycles. The van der Waals surface area contributed by atoms with E-state index in [1.807, 2.05) is 0 Å². The second-order valence-corrected chi connectivity index (χ2v) is 7.25. The molecule has 3 rings (SSSR count). The number of nitrogens with two attached hydrogens (primary N) is 1. The number of carbonyl (C=O) groups excluding carboxylic acids is 3. The van der Waals surface area contributed by atoms with E-state index in [0.29, 0.717) is 23.8 Å². The summed E-state index contributed by atoms with van der Waals surface area (Å²) in [6, 6.07) is 3.34. The van der Waals surface area contributed by atoms with Crippen molar-refractivity contribution in [3.63, 3.8) is 0 Å². The largest absolute Gasteiger partial charge is 0.338 e. The Morgan fingerprint density at radius 1 is 1.27 bits per heavy atom. The number of benzene rings is 1. The monoisotopic (exact) mass is 398 g/mol. The maximum atomic E-state index is 12.6. The second kappa shape index (κ2) is 7.82. The number of hydrogen-bond donors (Lipinski definition) is 2. The van der Waals surface area contributed by atoms with Gasteiger partial charge in [0.1, 0.15) is 6.04 Å². The third-order valence-corrected chi connectivity index (χ3v) is 5.54. The van der Waals surface area contributed by atoms with Crippen LogP contribution in [0.15, 0.2) is 18.2 Å². The van der Waals surface area contributed by atoms with Crippen LogP contribution >= 0.6 is 23.2 Å². The molecule has 9 heteroatoms. The van der Waals surface area contributed by atoms with Gasteiger partial charge in [0.25, 0.3) is 5.91 Å². The molecule has 1 aromatic carbocycles. The van der Waals surface area contributed by atoms with E-state index in [1.54, 1.807) is 11.0 Å². The highest BCUT2D eigenvalue weighted by Gasteiger charge is 2.39. The average molecular weight is 399 g/mol. The summed E-state index contributed by atoms with van der Waals surface area (Å²) in [4.78, 5) is 40.0. The van der Waals surface area contributed by atoms with E-state index in [9.17, 15) is 14.4 Å². The fraction of sp³-hybridized carbons (Fsp3) is 0.471. The Morgan fingerprint density at radius 2 is 2.04 bits per heavy atom. The Labute approximate surface area is 161 Å². The van der Waals surface area contributed by atoms with Gasteiger partial charge in [-0.3, -0.25) is 9.59 Å². The first-order valence-corrected chi connectivity index (χ1v) is 9.27. The van der Waals surface area contributed by atoms with E-state index in [0.717, 1.165) is 17.7 Å². The van der Waals surface area contributed by atoms with Gasteiger partial charge in [-0.25, -0.2) is 9.69 Å². The molecule has 0 unspecified atom stereocenters. The zero-order chi connectivity index (χ0) is 18.8. The van der Waals surface area contributed by atoms with Crippen molar-refractivity contribution >= 4 is 46.7 Å². The number of carbonyl (C=O) groups is 3. The molecular formula is C17H20Cl2N4O3. The lowest BCUT2D eigenvalue weighted by Gasteiger charge is -2.23.